The summed E-state index contributed by atoms with van der Waals surface area (Å²) in [6, 6.07) is 5.08. The number of piperidine rings is 1. The van der Waals surface area contributed by atoms with E-state index in [1.165, 1.54) is 0 Å². The minimum Gasteiger partial charge on any atom is -0.464 e. The predicted octanol–water partition coefficient (Wildman–Crippen LogP) is 2.38. The van der Waals surface area contributed by atoms with Crippen LogP contribution < -0.4 is 10.7 Å². The molecule has 2 heterocycles. The van der Waals surface area contributed by atoms with Gasteiger partial charge in [0, 0.05) is 17.4 Å². The Bertz CT molecular complexity index is 798. The number of fused-ring (bicyclic) bond motifs is 2. The zero-order valence-corrected chi connectivity index (χ0v) is 13.7. The second-order valence-electron chi connectivity index (χ2n) is 6.92. The lowest BCUT2D eigenvalue weighted by Gasteiger charge is -2.45. The van der Waals surface area contributed by atoms with Gasteiger partial charge >= 0.3 is 0 Å². The van der Waals surface area contributed by atoms with Crippen LogP contribution in [0.3, 0.4) is 0 Å². The van der Waals surface area contributed by atoms with E-state index in [1.807, 2.05) is 0 Å². The highest BCUT2D eigenvalue weighted by molar-refractivity contribution is 6.31. The van der Waals surface area contributed by atoms with E-state index in [0.29, 0.717) is 21.6 Å². The zero-order chi connectivity index (χ0) is 16.0. The van der Waals surface area contributed by atoms with Crippen LogP contribution in [0.2, 0.25) is 5.02 Å². The van der Waals surface area contributed by atoms with Crippen molar-refractivity contribution >= 4 is 22.6 Å². The molecule has 1 saturated heterocycles. The van der Waals surface area contributed by atoms with E-state index in [1.54, 1.807) is 24.5 Å². The van der Waals surface area contributed by atoms with Crippen LogP contribution in [0.1, 0.15) is 43.7 Å². The highest BCUT2D eigenvalue weighted by Crippen LogP contribution is 2.43. The lowest BCUT2D eigenvalue weighted by atomic mass is 9.67. The molecule has 122 valence electrons. The van der Waals surface area contributed by atoms with E-state index in [9.17, 15) is 9.90 Å². The third kappa shape index (κ3) is 2.49. The molecule has 23 heavy (non-hydrogen) atoms. The van der Waals surface area contributed by atoms with Crippen LogP contribution in [-0.2, 0) is 0 Å². The standard InChI is InChI=1S/C18H20ClNO3/c19-11-4-5-15-12(9-11)17(21)13(10-23-15)16-14-3-1-2-6-18(14,22)7-8-20-16/h4-5,9-10,14,16,20,22H,1-3,6-8H2/p+1/t14-,16-,18-/m0/s1. The Morgan fingerprint density at radius 2 is 2.17 bits per heavy atom. The van der Waals surface area contributed by atoms with Crippen molar-refractivity contribution < 1.29 is 14.8 Å². The van der Waals surface area contributed by atoms with Gasteiger partial charge in [-0.05, 0) is 31.0 Å². The molecule has 4 nitrogen and oxygen atoms in total. The molecule has 3 atom stereocenters. The quantitative estimate of drug-likeness (QED) is 0.841. The maximum absolute atomic E-state index is 12.9. The molecule has 0 amide bonds. The lowest BCUT2D eigenvalue weighted by Crippen LogP contribution is -2.91. The second kappa shape index (κ2) is 5.62. The van der Waals surface area contributed by atoms with Gasteiger partial charge in [0.05, 0.1) is 23.1 Å². The molecule has 0 radical (unpaired) electrons. The summed E-state index contributed by atoms with van der Waals surface area (Å²) < 4.78 is 5.68. The SMILES string of the molecule is O=c1c([C@@H]2[NH2+]CC[C@@]3(O)CCCC[C@@H]23)coc2ccc(Cl)cc12. The highest BCUT2D eigenvalue weighted by Gasteiger charge is 2.49. The van der Waals surface area contributed by atoms with E-state index in [2.05, 4.69) is 5.32 Å². The summed E-state index contributed by atoms with van der Waals surface area (Å²) in [5, 5.41) is 14.2. The summed E-state index contributed by atoms with van der Waals surface area (Å²) in [6.07, 6.45) is 6.38. The summed E-state index contributed by atoms with van der Waals surface area (Å²) in [5.74, 6) is 0.115. The summed E-state index contributed by atoms with van der Waals surface area (Å²) >= 11 is 6.03. The van der Waals surface area contributed by atoms with Crippen molar-refractivity contribution in [3.8, 4) is 0 Å². The monoisotopic (exact) mass is 334 g/mol. The van der Waals surface area contributed by atoms with Crippen molar-refractivity contribution in [2.75, 3.05) is 6.54 Å². The van der Waals surface area contributed by atoms with Crippen LogP contribution in [0, 0.1) is 5.92 Å². The maximum Gasteiger partial charge on any atom is 0.201 e. The van der Waals surface area contributed by atoms with E-state index < -0.39 is 5.60 Å². The van der Waals surface area contributed by atoms with Gasteiger partial charge < -0.3 is 14.8 Å². The molecule has 1 aliphatic carbocycles. The predicted molar refractivity (Wildman–Crippen MR) is 88.6 cm³/mol. The molecule has 5 heteroatoms. The number of hydrogen-bond acceptors (Lipinski definition) is 3. The fourth-order valence-electron chi connectivity index (χ4n) is 4.44. The summed E-state index contributed by atoms with van der Waals surface area (Å²) in [6.45, 7) is 0.838. The Labute approximate surface area is 139 Å². The molecular weight excluding hydrogens is 314 g/mol. The normalized spacial score (nSPS) is 31.0. The zero-order valence-electron chi connectivity index (χ0n) is 12.9. The highest BCUT2D eigenvalue weighted by atomic mass is 35.5. The molecule has 2 aromatic rings. The molecule has 3 N–H and O–H groups in total. The van der Waals surface area contributed by atoms with E-state index >= 15 is 0 Å². The average molecular weight is 335 g/mol. The molecule has 0 spiro atoms. The summed E-state index contributed by atoms with van der Waals surface area (Å²) in [5.41, 5.74) is 0.556. The first-order valence-corrected chi connectivity index (χ1v) is 8.73. The number of nitrogens with two attached hydrogens (primary N) is 1. The number of halogens is 1. The Balaban J connectivity index is 1.82. The Kier molecular flexibility index (Phi) is 3.71. The topological polar surface area (TPSA) is 67.0 Å². The molecule has 2 aliphatic rings. The van der Waals surface area contributed by atoms with Crippen molar-refractivity contribution in [3.63, 3.8) is 0 Å². The van der Waals surface area contributed by atoms with Gasteiger partial charge in [0.2, 0.25) is 5.43 Å². The van der Waals surface area contributed by atoms with Crippen LogP contribution in [0.4, 0.5) is 0 Å². The molecule has 1 aromatic carbocycles. The van der Waals surface area contributed by atoms with Crippen molar-refractivity contribution in [2.24, 2.45) is 5.92 Å². The van der Waals surface area contributed by atoms with Crippen LogP contribution in [0.15, 0.2) is 33.7 Å². The fraction of sp³-hybridized carbons (Fsp3) is 0.500. The molecule has 0 bridgehead atoms. The van der Waals surface area contributed by atoms with Crippen LogP contribution >= 0.6 is 11.6 Å². The largest absolute Gasteiger partial charge is 0.464 e. The molecule has 1 aliphatic heterocycles. The molecule has 4 rings (SSSR count). The number of aliphatic hydroxyl groups is 1. The molecule has 2 fully saturated rings. The number of quaternary nitrogens is 1. The van der Waals surface area contributed by atoms with Gasteiger partial charge in [-0.25, -0.2) is 0 Å². The average Bonchev–Trinajstić information content (AvgIpc) is 2.55. The van der Waals surface area contributed by atoms with Gasteiger partial charge in [-0.3, -0.25) is 4.79 Å². The first kappa shape index (κ1) is 15.2. The summed E-state index contributed by atoms with van der Waals surface area (Å²) in [7, 11) is 0. The third-order valence-corrected chi connectivity index (χ3v) is 5.85. The second-order valence-corrected chi connectivity index (χ2v) is 7.35. The van der Waals surface area contributed by atoms with Gasteiger partial charge in [-0.15, -0.1) is 0 Å². The van der Waals surface area contributed by atoms with Crippen molar-refractivity contribution in [3.05, 3.63) is 45.3 Å². The third-order valence-electron chi connectivity index (χ3n) is 5.62. The van der Waals surface area contributed by atoms with Crippen molar-refractivity contribution in [1.29, 1.82) is 0 Å². The van der Waals surface area contributed by atoms with Gasteiger partial charge in [-0.1, -0.05) is 24.4 Å². The molecule has 1 aromatic heterocycles. The van der Waals surface area contributed by atoms with Crippen LogP contribution in [0.5, 0.6) is 0 Å². The Morgan fingerprint density at radius 1 is 1.30 bits per heavy atom. The molecule has 0 unspecified atom stereocenters. The number of hydrogen-bond donors (Lipinski definition) is 2. The Hall–Kier alpha value is -1.36. The van der Waals surface area contributed by atoms with E-state index in [-0.39, 0.29) is 17.4 Å². The van der Waals surface area contributed by atoms with E-state index in [0.717, 1.165) is 38.6 Å². The van der Waals surface area contributed by atoms with Gasteiger partial charge in [0.15, 0.2) is 0 Å². The summed E-state index contributed by atoms with van der Waals surface area (Å²) in [4.78, 5) is 12.9. The minimum atomic E-state index is -0.632. The van der Waals surface area contributed by atoms with Crippen molar-refractivity contribution in [2.45, 2.75) is 43.7 Å². The maximum atomic E-state index is 12.9. The smallest absolute Gasteiger partial charge is 0.201 e. The van der Waals surface area contributed by atoms with Crippen molar-refractivity contribution in [1.82, 2.24) is 0 Å². The van der Waals surface area contributed by atoms with E-state index in [4.69, 9.17) is 16.0 Å². The van der Waals surface area contributed by atoms with Crippen LogP contribution in [-0.4, -0.2) is 17.3 Å². The Morgan fingerprint density at radius 3 is 3.04 bits per heavy atom. The first-order valence-electron chi connectivity index (χ1n) is 8.35. The number of rotatable bonds is 1. The molecule has 1 saturated carbocycles. The van der Waals surface area contributed by atoms with Gasteiger partial charge in [-0.2, -0.15) is 0 Å². The molecular formula is C18H21ClNO3+. The fourth-order valence-corrected chi connectivity index (χ4v) is 4.61. The van der Waals surface area contributed by atoms with Gasteiger partial charge in [0.1, 0.15) is 17.9 Å². The van der Waals surface area contributed by atoms with Crippen LogP contribution in [0.25, 0.3) is 11.0 Å². The minimum absolute atomic E-state index is 0.0233. The lowest BCUT2D eigenvalue weighted by molar-refractivity contribution is -0.719. The first-order chi connectivity index (χ1) is 11.1. The van der Waals surface area contributed by atoms with Gasteiger partial charge in [0.25, 0.3) is 0 Å². The number of benzene rings is 1.